The van der Waals surface area contributed by atoms with Crippen molar-refractivity contribution in [2.24, 2.45) is 0 Å². The highest BCUT2D eigenvalue weighted by Gasteiger charge is 2.00. The molecule has 0 unspecified atom stereocenters. The fourth-order valence-corrected chi connectivity index (χ4v) is 0.995. The number of halogens is 1. The lowest BCUT2D eigenvalue weighted by molar-refractivity contribution is 0.0697. The molecule has 0 bridgehead atoms. The molecule has 0 spiro atoms. The number of aromatic carboxylic acids is 1. The van der Waals surface area contributed by atoms with Crippen LogP contribution in [-0.2, 0) is 0 Å². The molecule has 4 heteroatoms. The van der Waals surface area contributed by atoms with Crippen LogP contribution < -0.4 is 5.32 Å². The first-order valence-corrected chi connectivity index (χ1v) is 4.38. The molecule has 0 radical (unpaired) electrons. The van der Waals surface area contributed by atoms with Gasteiger partial charge in [0, 0.05) is 10.7 Å². The van der Waals surface area contributed by atoms with Gasteiger partial charge in [-0.15, -0.1) is 0 Å². The van der Waals surface area contributed by atoms with E-state index >= 15 is 0 Å². The van der Waals surface area contributed by atoms with E-state index in [0.717, 1.165) is 5.69 Å². The molecule has 1 aromatic carbocycles. The van der Waals surface area contributed by atoms with Crippen LogP contribution in [0.1, 0.15) is 10.4 Å². The van der Waals surface area contributed by atoms with Gasteiger partial charge in [-0.25, -0.2) is 4.79 Å². The molecule has 0 fully saturated rings. The minimum atomic E-state index is -0.932. The number of anilines is 1. The number of nitrogens with one attached hydrogen (secondary N) is 1. The Morgan fingerprint density at radius 1 is 1.43 bits per heavy atom. The normalized spacial score (nSPS) is 9.50. The molecule has 3 nitrogen and oxygen atoms in total. The van der Waals surface area contributed by atoms with Crippen LogP contribution in [0.5, 0.6) is 0 Å². The lowest BCUT2D eigenvalue weighted by atomic mass is 10.2. The van der Waals surface area contributed by atoms with E-state index in [9.17, 15) is 4.79 Å². The smallest absolute Gasteiger partial charge is 0.335 e. The zero-order valence-corrected chi connectivity index (χ0v) is 8.21. The van der Waals surface area contributed by atoms with Crippen molar-refractivity contribution >= 4 is 23.3 Å². The third kappa shape index (κ3) is 3.11. The molecule has 0 aliphatic heterocycles. The van der Waals surface area contributed by atoms with Gasteiger partial charge in [-0.3, -0.25) is 0 Å². The van der Waals surface area contributed by atoms with Crippen molar-refractivity contribution in [3.8, 4) is 0 Å². The Morgan fingerprint density at radius 2 is 2.00 bits per heavy atom. The second-order valence-corrected chi connectivity index (χ2v) is 3.29. The van der Waals surface area contributed by atoms with Crippen molar-refractivity contribution in [2.45, 2.75) is 0 Å². The molecule has 1 rings (SSSR count). The second-order valence-electron chi connectivity index (χ2n) is 2.75. The summed E-state index contributed by atoms with van der Waals surface area (Å²) in [4.78, 5) is 10.5. The predicted molar refractivity (Wildman–Crippen MR) is 56.9 cm³/mol. The fourth-order valence-electron chi connectivity index (χ4n) is 0.929. The number of hydrogen-bond donors (Lipinski definition) is 2. The molecule has 0 aliphatic rings. The van der Waals surface area contributed by atoms with Crippen molar-refractivity contribution in [3.05, 3.63) is 41.4 Å². The third-order valence-electron chi connectivity index (χ3n) is 1.62. The van der Waals surface area contributed by atoms with E-state index in [-0.39, 0.29) is 5.56 Å². The maximum atomic E-state index is 10.5. The van der Waals surface area contributed by atoms with E-state index in [0.29, 0.717) is 11.6 Å². The predicted octanol–water partition coefficient (Wildman–Crippen LogP) is 2.55. The quantitative estimate of drug-likeness (QED) is 0.805. The Labute approximate surface area is 87.0 Å². The number of benzene rings is 1. The number of carbonyl (C=O) groups is 1. The molecular weight excluding hydrogens is 202 g/mol. The molecule has 0 heterocycles. The second kappa shape index (κ2) is 4.67. The van der Waals surface area contributed by atoms with E-state index in [1.807, 2.05) is 0 Å². The summed E-state index contributed by atoms with van der Waals surface area (Å²) in [5.41, 5.74) is 1.08. The molecule has 0 saturated carbocycles. The standard InChI is InChI=1S/C10H10ClNO2/c1-7(11)6-12-9-4-2-8(3-5-9)10(13)14/h2-5,12H,1,6H2,(H,13,14). The number of hydrogen-bond acceptors (Lipinski definition) is 2. The van der Waals surface area contributed by atoms with Crippen molar-refractivity contribution in [1.29, 1.82) is 0 Å². The molecule has 0 aromatic heterocycles. The van der Waals surface area contributed by atoms with Crippen molar-refractivity contribution in [3.63, 3.8) is 0 Å². The molecule has 1 aromatic rings. The average molecular weight is 212 g/mol. The fraction of sp³-hybridized carbons (Fsp3) is 0.100. The van der Waals surface area contributed by atoms with Gasteiger partial charge in [0.2, 0.25) is 0 Å². The zero-order valence-electron chi connectivity index (χ0n) is 7.46. The van der Waals surface area contributed by atoms with Crippen LogP contribution in [0.4, 0.5) is 5.69 Å². The molecule has 14 heavy (non-hydrogen) atoms. The Kier molecular flexibility index (Phi) is 3.54. The molecule has 74 valence electrons. The highest BCUT2D eigenvalue weighted by atomic mass is 35.5. The van der Waals surface area contributed by atoms with E-state index < -0.39 is 5.97 Å². The topological polar surface area (TPSA) is 49.3 Å². The SMILES string of the molecule is C=C(Cl)CNc1ccc(C(=O)O)cc1. The van der Waals surface area contributed by atoms with Gasteiger partial charge < -0.3 is 10.4 Å². The first-order valence-electron chi connectivity index (χ1n) is 4.00. The summed E-state index contributed by atoms with van der Waals surface area (Å²) in [5.74, 6) is -0.932. The van der Waals surface area contributed by atoms with Gasteiger partial charge in [0.15, 0.2) is 0 Å². The van der Waals surface area contributed by atoms with Crippen LogP contribution in [-0.4, -0.2) is 17.6 Å². The van der Waals surface area contributed by atoms with Gasteiger partial charge in [-0.1, -0.05) is 18.2 Å². The van der Waals surface area contributed by atoms with Crippen LogP contribution in [0.15, 0.2) is 35.9 Å². The summed E-state index contributed by atoms with van der Waals surface area (Å²) in [6, 6.07) is 6.43. The van der Waals surface area contributed by atoms with Gasteiger partial charge in [0.05, 0.1) is 12.1 Å². The summed E-state index contributed by atoms with van der Waals surface area (Å²) in [5, 5.41) is 12.1. The molecule has 0 aliphatic carbocycles. The summed E-state index contributed by atoms with van der Waals surface area (Å²) in [6.45, 7) is 3.99. The molecule has 0 saturated heterocycles. The summed E-state index contributed by atoms with van der Waals surface area (Å²) < 4.78 is 0. The van der Waals surface area contributed by atoms with Crippen LogP contribution in [0.3, 0.4) is 0 Å². The first-order chi connectivity index (χ1) is 6.59. The van der Waals surface area contributed by atoms with Gasteiger partial charge in [0.25, 0.3) is 0 Å². The Morgan fingerprint density at radius 3 is 2.43 bits per heavy atom. The van der Waals surface area contributed by atoms with Gasteiger partial charge >= 0.3 is 5.97 Å². The highest BCUT2D eigenvalue weighted by Crippen LogP contribution is 2.10. The lowest BCUT2D eigenvalue weighted by Crippen LogP contribution is -2.01. The van der Waals surface area contributed by atoms with E-state index in [2.05, 4.69) is 11.9 Å². The van der Waals surface area contributed by atoms with Crippen LogP contribution >= 0.6 is 11.6 Å². The van der Waals surface area contributed by atoms with Crippen molar-refractivity contribution < 1.29 is 9.90 Å². The highest BCUT2D eigenvalue weighted by molar-refractivity contribution is 6.29. The zero-order chi connectivity index (χ0) is 10.6. The maximum Gasteiger partial charge on any atom is 0.335 e. The Hall–Kier alpha value is -1.48. The Bertz CT molecular complexity index is 346. The number of rotatable bonds is 4. The van der Waals surface area contributed by atoms with Crippen LogP contribution in [0.2, 0.25) is 0 Å². The maximum absolute atomic E-state index is 10.5. The van der Waals surface area contributed by atoms with Gasteiger partial charge in [-0.05, 0) is 24.3 Å². The number of carboxylic acid groups (broad SMARTS) is 1. The molecule has 2 N–H and O–H groups in total. The average Bonchev–Trinajstić information content (AvgIpc) is 2.15. The van der Waals surface area contributed by atoms with E-state index in [1.54, 1.807) is 12.1 Å². The Balaban J connectivity index is 2.64. The van der Waals surface area contributed by atoms with Crippen molar-refractivity contribution in [1.82, 2.24) is 0 Å². The summed E-state index contributed by atoms with van der Waals surface area (Å²) >= 11 is 5.56. The van der Waals surface area contributed by atoms with Gasteiger partial charge in [-0.2, -0.15) is 0 Å². The molecule has 0 atom stereocenters. The summed E-state index contributed by atoms with van der Waals surface area (Å²) in [7, 11) is 0. The molecular formula is C10H10ClNO2. The van der Waals surface area contributed by atoms with Crippen LogP contribution in [0.25, 0.3) is 0 Å². The first kappa shape index (κ1) is 10.6. The monoisotopic (exact) mass is 211 g/mol. The largest absolute Gasteiger partial charge is 0.478 e. The van der Waals surface area contributed by atoms with Crippen molar-refractivity contribution in [2.75, 3.05) is 11.9 Å². The van der Waals surface area contributed by atoms with E-state index in [1.165, 1.54) is 12.1 Å². The summed E-state index contributed by atoms with van der Waals surface area (Å²) in [6.07, 6.45) is 0. The minimum absolute atomic E-state index is 0.264. The third-order valence-corrected chi connectivity index (χ3v) is 1.75. The lowest BCUT2D eigenvalue weighted by Gasteiger charge is -2.04. The van der Waals surface area contributed by atoms with E-state index in [4.69, 9.17) is 16.7 Å². The van der Waals surface area contributed by atoms with Gasteiger partial charge in [0.1, 0.15) is 0 Å². The van der Waals surface area contributed by atoms with Crippen LogP contribution in [0, 0.1) is 0 Å². The minimum Gasteiger partial charge on any atom is -0.478 e. The molecule has 0 amide bonds. The number of carboxylic acids is 1.